The molecular weight excluding hydrogens is 314 g/mol. The van der Waals surface area contributed by atoms with Gasteiger partial charge in [0.25, 0.3) is 5.91 Å². The molecule has 132 valence electrons. The minimum absolute atomic E-state index is 0.0637. The van der Waals surface area contributed by atoms with Crippen molar-refractivity contribution in [3.63, 3.8) is 0 Å². The smallest absolute Gasteiger partial charge is 0.253 e. The molecule has 1 fully saturated rings. The van der Waals surface area contributed by atoms with Crippen LogP contribution in [0.5, 0.6) is 5.88 Å². The van der Waals surface area contributed by atoms with E-state index in [2.05, 4.69) is 22.2 Å². The lowest BCUT2D eigenvalue weighted by Gasteiger charge is -2.28. The molecule has 0 saturated heterocycles. The summed E-state index contributed by atoms with van der Waals surface area (Å²) in [6.07, 6.45) is 11.3. The number of carbonyl (C=O) groups is 1. The van der Waals surface area contributed by atoms with Gasteiger partial charge < -0.3 is 10.1 Å². The molecule has 2 heterocycles. The first-order valence-electron chi connectivity index (χ1n) is 9.01. The van der Waals surface area contributed by atoms with E-state index in [9.17, 15) is 4.79 Å². The number of aromatic nitrogens is 2. The Morgan fingerprint density at radius 2 is 1.96 bits per heavy atom. The molecule has 1 aliphatic rings. The van der Waals surface area contributed by atoms with Crippen molar-refractivity contribution in [2.75, 3.05) is 0 Å². The second-order valence-electron chi connectivity index (χ2n) is 6.69. The van der Waals surface area contributed by atoms with Gasteiger partial charge in [0.05, 0.1) is 5.56 Å². The minimum Gasteiger partial charge on any atom is -0.473 e. The molecular formula is C20H25N3O2. The summed E-state index contributed by atoms with van der Waals surface area (Å²) in [5, 5.41) is 3.12. The molecule has 1 N–H and O–H groups in total. The fourth-order valence-electron chi connectivity index (χ4n) is 3.28. The van der Waals surface area contributed by atoms with E-state index in [-0.39, 0.29) is 11.9 Å². The van der Waals surface area contributed by atoms with E-state index in [1.165, 1.54) is 32.1 Å². The Kier molecular flexibility index (Phi) is 5.99. The van der Waals surface area contributed by atoms with Crippen molar-refractivity contribution in [3.05, 3.63) is 54.0 Å². The largest absolute Gasteiger partial charge is 0.473 e. The van der Waals surface area contributed by atoms with Gasteiger partial charge in [-0.15, -0.1) is 0 Å². The molecule has 25 heavy (non-hydrogen) atoms. The summed E-state index contributed by atoms with van der Waals surface area (Å²) in [7, 11) is 0. The van der Waals surface area contributed by atoms with Gasteiger partial charge in [0.2, 0.25) is 5.88 Å². The van der Waals surface area contributed by atoms with Gasteiger partial charge in [0.1, 0.15) is 6.61 Å². The van der Waals surface area contributed by atoms with Crippen LogP contribution in [0.2, 0.25) is 0 Å². The highest BCUT2D eigenvalue weighted by Crippen LogP contribution is 2.26. The molecule has 1 amide bonds. The van der Waals surface area contributed by atoms with E-state index >= 15 is 0 Å². The standard InChI is InChI=1S/C20H25N3O2/c1-15(17-5-3-2-4-6-17)23-20(24)18-7-8-19(22-13-18)25-14-16-9-11-21-12-10-16/h7-13,15,17H,2-6,14H2,1H3,(H,23,24). The number of hydrogen-bond donors (Lipinski definition) is 1. The average Bonchev–Trinajstić information content (AvgIpc) is 2.68. The van der Waals surface area contributed by atoms with Gasteiger partial charge in [0.15, 0.2) is 0 Å². The second kappa shape index (κ2) is 8.60. The van der Waals surface area contributed by atoms with Gasteiger partial charge in [0, 0.05) is 30.7 Å². The molecule has 2 aromatic heterocycles. The Morgan fingerprint density at radius 3 is 2.64 bits per heavy atom. The Morgan fingerprint density at radius 1 is 1.20 bits per heavy atom. The van der Waals surface area contributed by atoms with Crippen molar-refractivity contribution in [1.82, 2.24) is 15.3 Å². The van der Waals surface area contributed by atoms with Crippen LogP contribution in [0.4, 0.5) is 0 Å². The Bertz CT molecular complexity index is 667. The number of ether oxygens (including phenoxy) is 1. The Labute approximate surface area is 148 Å². The van der Waals surface area contributed by atoms with E-state index in [0.717, 1.165) is 5.56 Å². The van der Waals surface area contributed by atoms with E-state index < -0.39 is 0 Å². The summed E-state index contributed by atoms with van der Waals surface area (Å²) in [6, 6.07) is 7.50. The number of nitrogens with one attached hydrogen (secondary N) is 1. The van der Waals surface area contributed by atoms with Crippen molar-refractivity contribution in [2.45, 2.75) is 51.7 Å². The normalized spacial score (nSPS) is 16.2. The van der Waals surface area contributed by atoms with Crippen molar-refractivity contribution in [2.24, 2.45) is 5.92 Å². The lowest BCUT2D eigenvalue weighted by molar-refractivity contribution is 0.0919. The lowest BCUT2D eigenvalue weighted by atomic mass is 9.84. The first kappa shape index (κ1) is 17.4. The number of hydrogen-bond acceptors (Lipinski definition) is 4. The first-order valence-corrected chi connectivity index (χ1v) is 9.01. The zero-order valence-corrected chi connectivity index (χ0v) is 14.6. The van der Waals surface area contributed by atoms with Crippen LogP contribution in [0, 0.1) is 5.92 Å². The molecule has 1 unspecified atom stereocenters. The van der Waals surface area contributed by atoms with Gasteiger partial charge in [-0.1, -0.05) is 19.3 Å². The Hall–Kier alpha value is -2.43. The molecule has 0 spiro atoms. The highest BCUT2D eigenvalue weighted by atomic mass is 16.5. The monoisotopic (exact) mass is 339 g/mol. The first-order chi connectivity index (χ1) is 12.2. The molecule has 0 radical (unpaired) electrons. The molecule has 0 aromatic carbocycles. The number of carbonyl (C=O) groups excluding carboxylic acids is 1. The predicted octanol–water partition coefficient (Wildman–Crippen LogP) is 3.75. The highest BCUT2D eigenvalue weighted by Gasteiger charge is 2.21. The maximum Gasteiger partial charge on any atom is 0.253 e. The third kappa shape index (κ3) is 5.02. The van der Waals surface area contributed by atoms with Crippen molar-refractivity contribution in [3.8, 4) is 5.88 Å². The molecule has 0 bridgehead atoms. The summed E-state index contributed by atoms with van der Waals surface area (Å²) in [5.41, 5.74) is 1.60. The zero-order chi connectivity index (χ0) is 17.5. The molecule has 1 atom stereocenters. The number of amides is 1. The summed E-state index contributed by atoms with van der Waals surface area (Å²) in [4.78, 5) is 20.6. The molecule has 3 rings (SSSR count). The molecule has 1 saturated carbocycles. The number of pyridine rings is 2. The summed E-state index contributed by atoms with van der Waals surface area (Å²) >= 11 is 0. The van der Waals surface area contributed by atoms with E-state index in [0.29, 0.717) is 24.0 Å². The third-order valence-corrected chi connectivity index (χ3v) is 4.85. The Balaban J connectivity index is 1.51. The van der Waals surface area contributed by atoms with Crippen molar-refractivity contribution in [1.29, 1.82) is 0 Å². The minimum atomic E-state index is -0.0637. The molecule has 1 aliphatic carbocycles. The summed E-state index contributed by atoms with van der Waals surface area (Å²) < 4.78 is 5.63. The van der Waals surface area contributed by atoms with Crippen LogP contribution in [0.25, 0.3) is 0 Å². The maximum absolute atomic E-state index is 12.4. The topological polar surface area (TPSA) is 64.1 Å². The van der Waals surface area contributed by atoms with Crippen LogP contribution in [0.3, 0.4) is 0 Å². The van der Waals surface area contributed by atoms with Crippen LogP contribution < -0.4 is 10.1 Å². The fraction of sp³-hybridized carbons (Fsp3) is 0.450. The van der Waals surface area contributed by atoms with Gasteiger partial charge in [-0.05, 0) is 49.4 Å². The number of nitrogens with zero attached hydrogens (tertiary/aromatic N) is 2. The van der Waals surface area contributed by atoms with Crippen LogP contribution >= 0.6 is 0 Å². The van der Waals surface area contributed by atoms with Gasteiger partial charge in [-0.2, -0.15) is 0 Å². The zero-order valence-electron chi connectivity index (χ0n) is 14.6. The predicted molar refractivity (Wildman–Crippen MR) is 96.3 cm³/mol. The van der Waals surface area contributed by atoms with Gasteiger partial charge in [-0.3, -0.25) is 9.78 Å². The maximum atomic E-state index is 12.4. The molecule has 2 aromatic rings. The average molecular weight is 339 g/mol. The highest BCUT2D eigenvalue weighted by molar-refractivity contribution is 5.94. The van der Waals surface area contributed by atoms with Crippen LogP contribution in [0.1, 0.15) is 54.9 Å². The van der Waals surface area contributed by atoms with E-state index in [1.807, 2.05) is 12.1 Å². The van der Waals surface area contributed by atoms with Gasteiger partial charge in [-0.25, -0.2) is 4.98 Å². The van der Waals surface area contributed by atoms with E-state index in [1.54, 1.807) is 30.7 Å². The van der Waals surface area contributed by atoms with Crippen molar-refractivity contribution >= 4 is 5.91 Å². The van der Waals surface area contributed by atoms with Crippen molar-refractivity contribution < 1.29 is 9.53 Å². The third-order valence-electron chi connectivity index (χ3n) is 4.85. The van der Waals surface area contributed by atoms with Crippen LogP contribution in [-0.4, -0.2) is 21.9 Å². The summed E-state index contributed by atoms with van der Waals surface area (Å²) in [5.74, 6) is 1.04. The number of rotatable bonds is 6. The van der Waals surface area contributed by atoms with Crippen LogP contribution in [-0.2, 0) is 6.61 Å². The second-order valence-corrected chi connectivity index (χ2v) is 6.69. The SMILES string of the molecule is CC(NC(=O)c1ccc(OCc2ccncc2)nc1)C1CCCCC1. The fourth-order valence-corrected chi connectivity index (χ4v) is 3.28. The molecule has 0 aliphatic heterocycles. The van der Waals surface area contributed by atoms with E-state index in [4.69, 9.17) is 4.74 Å². The van der Waals surface area contributed by atoms with Crippen LogP contribution in [0.15, 0.2) is 42.9 Å². The lowest BCUT2D eigenvalue weighted by Crippen LogP contribution is -2.38. The van der Waals surface area contributed by atoms with Gasteiger partial charge >= 0.3 is 0 Å². The summed E-state index contributed by atoms with van der Waals surface area (Å²) in [6.45, 7) is 2.54. The quantitative estimate of drug-likeness (QED) is 0.870. The molecule has 5 nitrogen and oxygen atoms in total. The molecule has 5 heteroatoms.